The van der Waals surface area contributed by atoms with E-state index in [1.807, 2.05) is 36.4 Å². The number of thiophene rings is 1. The number of rotatable bonds is 7. The smallest absolute Gasteiger partial charge is 0.219 e. The molecule has 1 aromatic carbocycles. The first-order chi connectivity index (χ1) is 13.3. The summed E-state index contributed by atoms with van der Waals surface area (Å²) in [5.41, 5.74) is 2.27. The topological polar surface area (TPSA) is 67.8 Å². The van der Waals surface area contributed by atoms with E-state index in [-0.39, 0.29) is 0 Å². The highest BCUT2D eigenvalue weighted by molar-refractivity contribution is 7.07. The van der Waals surface area contributed by atoms with Gasteiger partial charge >= 0.3 is 0 Å². The van der Waals surface area contributed by atoms with Gasteiger partial charge in [0.2, 0.25) is 5.88 Å². The van der Waals surface area contributed by atoms with Gasteiger partial charge in [0.05, 0.1) is 7.11 Å². The van der Waals surface area contributed by atoms with Crippen LogP contribution in [-0.2, 0) is 13.1 Å². The number of aliphatic imine (C=N–C) groups is 1. The van der Waals surface area contributed by atoms with Crippen LogP contribution >= 0.6 is 11.3 Å². The lowest BCUT2D eigenvalue weighted by Gasteiger charge is -2.11. The van der Waals surface area contributed by atoms with Crippen molar-refractivity contribution in [3.05, 3.63) is 70.5 Å². The van der Waals surface area contributed by atoms with Crippen molar-refractivity contribution in [2.75, 3.05) is 14.2 Å². The Hall–Kier alpha value is -3.06. The average molecular weight is 382 g/mol. The Bertz CT molecular complexity index is 864. The first-order valence-corrected chi connectivity index (χ1v) is 9.43. The lowest BCUT2D eigenvalue weighted by atomic mass is 10.3. The molecule has 0 saturated carbocycles. The predicted octanol–water partition coefficient (Wildman–Crippen LogP) is 3.81. The van der Waals surface area contributed by atoms with E-state index in [1.54, 1.807) is 31.7 Å². The molecular weight excluding hydrogens is 360 g/mol. The zero-order chi connectivity index (χ0) is 18.9. The zero-order valence-corrected chi connectivity index (χ0v) is 16.1. The molecular formula is C20H22N4O2S. The Kier molecular flexibility index (Phi) is 6.65. The number of pyridine rings is 1. The second-order valence-electron chi connectivity index (χ2n) is 5.70. The van der Waals surface area contributed by atoms with Crippen molar-refractivity contribution in [1.82, 2.24) is 15.6 Å². The monoisotopic (exact) mass is 382 g/mol. The van der Waals surface area contributed by atoms with E-state index in [0.717, 1.165) is 23.8 Å². The summed E-state index contributed by atoms with van der Waals surface area (Å²) in [6, 6.07) is 13.3. The second kappa shape index (κ2) is 9.59. The van der Waals surface area contributed by atoms with E-state index in [0.29, 0.717) is 18.2 Å². The van der Waals surface area contributed by atoms with Crippen LogP contribution in [0.2, 0.25) is 0 Å². The van der Waals surface area contributed by atoms with Crippen LogP contribution in [0.5, 0.6) is 17.4 Å². The highest BCUT2D eigenvalue weighted by Gasteiger charge is 2.03. The number of benzene rings is 1. The number of nitrogens with one attached hydrogen (secondary N) is 2. The zero-order valence-electron chi connectivity index (χ0n) is 15.3. The molecule has 0 fully saturated rings. The van der Waals surface area contributed by atoms with Gasteiger partial charge in [0.25, 0.3) is 0 Å². The molecule has 6 nitrogen and oxygen atoms in total. The van der Waals surface area contributed by atoms with Gasteiger partial charge < -0.3 is 20.1 Å². The molecule has 0 aliphatic carbocycles. The first kappa shape index (κ1) is 18.7. The maximum absolute atomic E-state index is 5.76. The fourth-order valence-corrected chi connectivity index (χ4v) is 3.02. The van der Waals surface area contributed by atoms with Crippen LogP contribution in [0.25, 0.3) is 0 Å². The van der Waals surface area contributed by atoms with E-state index in [1.165, 1.54) is 5.56 Å². The van der Waals surface area contributed by atoms with E-state index in [4.69, 9.17) is 9.47 Å². The minimum atomic E-state index is 0.534. The average Bonchev–Trinajstić information content (AvgIpc) is 3.23. The minimum absolute atomic E-state index is 0.534. The van der Waals surface area contributed by atoms with Gasteiger partial charge in [-0.3, -0.25) is 4.99 Å². The molecule has 27 heavy (non-hydrogen) atoms. The van der Waals surface area contributed by atoms with Crippen molar-refractivity contribution in [2.24, 2.45) is 4.99 Å². The molecule has 0 aliphatic heterocycles. The van der Waals surface area contributed by atoms with Gasteiger partial charge in [-0.05, 0) is 40.1 Å². The maximum Gasteiger partial charge on any atom is 0.219 e. The third-order valence-electron chi connectivity index (χ3n) is 3.78. The number of methoxy groups -OCH3 is 1. The Morgan fingerprint density at radius 1 is 1.07 bits per heavy atom. The molecule has 0 unspecified atom stereocenters. The Morgan fingerprint density at radius 3 is 2.56 bits per heavy atom. The van der Waals surface area contributed by atoms with E-state index in [9.17, 15) is 0 Å². The number of ether oxygens (including phenoxy) is 2. The van der Waals surface area contributed by atoms with Crippen molar-refractivity contribution in [1.29, 1.82) is 0 Å². The molecule has 0 saturated heterocycles. The van der Waals surface area contributed by atoms with Crippen molar-refractivity contribution in [3.63, 3.8) is 0 Å². The molecule has 0 radical (unpaired) electrons. The normalized spacial score (nSPS) is 11.1. The van der Waals surface area contributed by atoms with Crippen LogP contribution in [-0.4, -0.2) is 25.1 Å². The lowest BCUT2D eigenvalue weighted by molar-refractivity contribution is 0.407. The van der Waals surface area contributed by atoms with E-state index in [2.05, 4.69) is 37.4 Å². The van der Waals surface area contributed by atoms with Gasteiger partial charge in [-0.1, -0.05) is 12.1 Å². The SMILES string of the molecule is CN=C(NCc1ccc(Oc2cccc(OC)c2)nc1)NCc1ccsc1. The molecule has 2 aromatic heterocycles. The van der Waals surface area contributed by atoms with Gasteiger partial charge in [-0.15, -0.1) is 0 Å². The molecule has 3 rings (SSSR count). The van der Waals surface area contributed by atoms with Gasteiger partial charge in [0, 0.05) is 38.5 Å². The highest BCUT2D eigenvalue weighted by atomic mass is 32.1. The molecule has 0 spiro atoms. The first-order valence-electron chi connectivity index (χ1n) is 8.49. The number of aromatic nitrogens is 1. The van der Waals surface area contributed by atoms with Crippen LogP contribution in [0.3, 0.4) is 0 Å². The molecule has 2 heterocycles. The summed E-state index contributed by atoms with van der Waals surface area (Å²) in [6.07, 6.45) is 1.79. The number of hydrogen-bond acceptors (Lipinski definition) is 5. The summed E-state index contributed by atoms with van der Waals surface area (Å²) < 4.78 is 11.0. The van der Waals surface area contributed by atoms with Crippen LogP contribution < -0.4 is 20.1 Å². The van der Waals surface area contributed by atoms with Crippen LogP contribution in [0.1, 0.15) is 11.1 Å². The Morgan fingerprint density at radius 2 is 1.89 bits per heavy atom. The summed E-state index contributed by atoms with van der Waals surface area (Å²) >= 11 is 1.69. The summed E-state index contributed by atoms with van der Waals surface area (Å²) in [6.45, 7) is 1.37. The maximum atomic E-state index is 5.76. The van der Waals surface area contributed by atoms with Crippen LogP contribution in [0.4, 0.5) is 0 Å². The Balaban J connectivity index is 1.50. The largest absolute Gasteiger partial charge is 0.497 e. The van der Waals surface area contributed by atoms with Gasteiger partial charge in [-0.25, -0.2) is 4.98 Å². The lowest BCUT2D eigenvalue weighted by Crippen LogP contribution is -2.36. The van der Waals surface area contributed by atoms with Crippen LogP contribution in [0, 0.1) is 0 Å². The molecule has 7 heteroatoms. The molecule has 140 valence electrons. The fraction of sp³-hybridized carbons (Fsp3) is 0.200. The van der Waals surface area contributed by atoms with Crippen molar-refractivity contribution < 1.29 is 9.47 Å². The molecule has 0 atom stereocenters. The molecule has 0 amide bonds. The highest BCUT2D eigenvalue weighted by Crippen LogP contribution is 2.23. The minimum Gasteiger partial charge on any atom is -0.497 e. The quantitative estimate of drug-likeness (QED) is 0.480. The molecule has 0 aliphatic rings. The third-order valence-corrected chi connectivity index (χ3v) is 4.52. The van der Waals surface area contributed by atoms with E-state index < -0.39 is 0 Å². The fourth-order valence-electron chi connectivity index (χ4n) is 2.35. The van der Waals surface area contributed by atoms with E-state index >= 15 is 0 Å². The van der Waals surface area contributed by atoms with Gasteiger partial charge in [0.15, 0.2) is 5.96 Å². The molecule has 2 N–H and O–H groups in total. The summed E-state index contributed by atoms with van der Waals surface area (Å²) in [7, 11) is 3.38. The molecule has 0 bridgehead atoms. The number of hydrogen-bond donors (Lipinski definition) is 2. The standard InChI is InChI=1S/C20H22N4O2S/c1-21-20(24-13-16-8-9-27-14-16)23-12-15-6-7-19(22-11-15)26-18-5-3-4-17(10-18)25-2/h3-11,14H,12-13H2,1-2H3,(H2,21,23,24). The van der Waals surface area contributed by atoms with Crippen molar-refractivity contribution in [3.8, 4) is 17.4 Å². The van der Waals surface area contributed by atoms with Crippen LogP contribution in [0.15, 0.2) is 64.4 Å². The summed E-state index contributed by atoms with van der Waals surface area (Å²) in [4.78, 5) is 8.59. The van der Waals surface area contributed by atoms with Crippen molar-refractivity contribution >= 4 is 17.3 Å². The number of nitrogens with zero attached hydrogens (tertiary/aromatic N) is 2. The van der Waals surface area contributed by atoms with Gasteiger partial charge in [-0.2, -0.15) is 11.3 Å². The molecule has 3 aromatic rings. The summed E-state index contributed by atoms with van der Waals surface area (Å²) in [5, 5.41) is 10.7. The van der Waals surface area contributed by atoms with Gasteiger partial charge in [0.1, 0.15) is 11.5 Å². The number of guanidine groups is 1. The summed E-state index contributed by atoms with van der Waals surface area (Å²) in [5.74, 6) is 2.71. The third kappa shape index (κ3) is 5.72. The predicted molar refractivity (Wildman–Crippen MR) is 109 cm³/mol. The van der Waals surface area contributed by atoms with Crippen molar-refractivity contribution in [2.45, 2.75) is 13.1 Å². The second-order valence-corrected chi connectivity index (χ2v) is 6.48. The Labute approximate surface area is 162 Å².